The van der Waals surface area contributed by atoms with Crippen molar-refractivity contribution < 1.29 is 23.1 Å². The van der Waals surface area contributed by atoms with Crippen molar-refractivity contribution in [3.63, 3.8) is 0 Å². The number of hydrogen-bond donors (Lipinski definition) is 1. The van der Waals surface area contributed by atoms with Crippen molar-refractivity contribution in [3.05, 3.63) is 65.4 Å². The third-order valence-corrected chi connectivity index (χ3v) is 6.21. The molecular formula is C26H31FN4O4. The lowest BCUT2D eigenvalue weighted by molar-refractivity contribution is -0.127. The van der Waals surface area contributed by atoms with E-state index in [1.807, 2.05) is 26.0 Å². The molecule has 0 saturated heterocycles. The lowest BCUT2D eigenvalue weighted by Gasteiger charge is -2.51. The Balaban J connectivity index is 1.26. The van der Waals surface area contributed by atoms with E-state index in [2.05, 4.69) is 34.3 Å². The molecule has 0 aliphatic heterocycles. The van der Waals surface area contributed by atoms with Crippen molar-refractivity contribution >= 4 is 5.91 Å². The van der Waals surface area contributed by atoms with Gasteiger partial charge < -0.3 is 19.2 Å². The minimum Gasteiger partial charge on any atom is -0.484 e. The maximum Gasteiger partial charge on any atom is 0.258 e. The van der Waals surface area contributed by atoms with Gasteiger partial charge in [0.2, 0.25) is 5.89 Å². The predicted molar refractivity (Wildman–Crippen MR) is 127 cm³/mol. The minimum atomic E-state index is -0.428. The van der Waals surface area contributed by atoms with Crippen LogP contribution in [0.5, 0.6) is 11.5 Å². The van der Waals surface area contributed by atoms with Crippen LogP contribution in [0.15, 0.2) is 40.9 Å². The number of rotatable bonds is 9. The molecule has 0 atom stereocenters. The third kappa shape index (κ3) is 5.78. The summed E-state index contributed by atoms with van der Waals surface area (Å²) in [7, 11) is 0. The fourth-order valence-electron chi connectivity index (χ4n) is 4.61. The topological polar surface area (TPSA) is 99.4 Å². The van der Waals surface area contributed by atoms with Crippen molar-refractivity contribution in [2.24, 2.45) is 0 Å². The Morgan fingerprint density at radius 3 is 2.54 bits per heavy atom. The normalized spacial score (nSPS) is 21.5. The predicted octanol–water partition coefficient (Wildman–Crippen LogP) is 4.62. The van der Waals surface area contributed by atoms with E-state index in [4.69, 9.17) is 13.9 Å². The molecule has 186 valence electrons. The Morgan fingerprint density at radius 2 is 1.89 bits per heavy atom. The van der Waals surface area contributed by atoms with Crippen LogP contribution in [0.1, 0.15) is 69.5 Å². The van der Waals surface area contributed by atoms with Crippen LogP contribution in [-0.4, -0.2) is 33.2 Å². The number of carbonyl (C=O) groups is 1. The highest BCUT2D eigenvalue weighted by Crippen LogP contribution is 2.49. The van der Waals surface area contributed by atoms with Crippen LogP contribution in [0.25, 0.3) is 0 Å². The standard InChI is InChI=1S/C26H31FN4O4/c1-16(2)21-9-8-19(11-28-21)34-13-23-30-31-24(35-23)25(4)14-26(5,15-25)29-22(32)12-33-18-7-6-17(3)20(27)10-18/h6-11,16H,12-15H2,1-5H3,(H,29,32). The van der Waals surface area contributed by atoms with Gasteiger partial charge in [-0.05, 0) is 56.4 Å². The van der Waals surface area contributed by atoms with Crippen molar-refractivity contribution in [2.45, 2.75) is 70.9 Å². The summed E-state index contributed by atoms with van der Waals surface area (Å²) in [6.07, 6.45) is 2.95. The zero-order valence-corrected chi connectivity index (χ0v) is 20.7. The first kappa shape index (κ1) is 24.6. The van der Waals surface area contributed by atoms with Gasteiger partial charge in [0.05, 0.1) is 11.6 Å². The van der Waals surface area contributed by atoms with Gasteiger partial charge in [-0.25, -0.2) is 4.39 Å². The average molecular weight is 483 g/mol. The first-order valence-electron chi connectivity index (χ1n) is 11.7. The SMILES string of the molecule is Cc1ccc(OCC(=O)NC2(C)CC(C)(c3nnc(COc4ccc(C(C)C)nc4)o3)C2)cc1F. The second-order valence-electron chi connectivity index (χ2n) is 10.1. The number of halogens is 1. The van der Waals surface area contributed by atoms with E-state index in [-0.39, 0.29) is 30.4 Å². The summed E-state index contributed by atoms with van der Waals surface area (Å²) in [5, 5.41) is 11.3. The summed E-state index contributed by atoms with van der Waals surface area (Å²) in [6.45, 7) is 9.79. The van der Waals surface area contributed by atoms with E-state index < -0.39 is 5.54 Å². The number of nitrogens with one attached hydrogen (secondary N) is 1. The Hall–Kier alpha value is -3.49. The maximum absolute atomic E-state index is 13.7. The van der Waals surface area contributed by atoms with Gasteiger partial charge in [-0.2, -0.15) is 0 Å². The first-order chi connectivity index (χ1) is 16.6. The zero-order chi connectivity index (χ0) is 25.2. The largest absolute Gasteiger partial charge is 0.484 e. The minimum absolute atomic E-state index is 0.150. The molecule has 0 spiro atoms. The molecule has 1 aliphatic carbocycles. The number of benzene rings is 1. The van der Waals surface area contributed by atoms with E-state index >= 15 is 0 Å². The van der Waals surface area contributed by atoms with Crippen molar-refractivity contribution in [1.29, 1.82) is 0 Å². The Bertz CT molecular complexity index is 1190. The first-order valence-corrected chi connectivity index (χ1v) is 11.7. The highest BCUT2D eigenvalue weighted by molar-refractivity contribution is 5.78. The van der Waals surface area contributed by atoms with Gasteiger partial charge in [-0.3, -0.25) is 9.78 Å². The summed E-state index contributed by atoms with van der Waals surface area (Å²) >= 11 is 0. The van der Waals surface area contributed by atoms with Crippen LogP contribution < -0.4 is 14.8 Å². The van der Waals surface area contributed by atoms with Crippen LogP contribution in [0.3, 0.4) is 0 Å². The number of amides is 1. The van der Waals surface area contributed by atoms with Gasteiger partial charge in [0, 0.05) is 17.3 Å². The molecule has 35 heavy (non-hydrogen) atoms. The Morgan fingerprint density at radius 1 is 1.14 bits per heavy atom. The van der Waals surface area contributed by atoms with Crippen LogP contribution in [-0.2, 0) is 16.8 Å². The van der Waals surface area contributed by atoms with E-state index in [0.29, 0.717) is 47.6 Å². The molecule has 2 aromatic heterocycles. The number of pyridine rings is 1. The van der Waals surface area contributed by atoms with Crippen LogP contribution >= 0.6 is 0 Å². The number of hydrogen-bond acceptors (Lipinski definition) is 7. The Kier molecular flexibility index (Phi) is 6.78. The molecule has 4 rings (SSSR count). The summed E-state index contributed by atoms with van der Waals surface area (Å²) in [5.41, 5.74) is 0.745. The lowest BCUT2D eigenvalue weighted by atomic mass is 9.59. The van der Waals surface area contributed by atoms with E-state index in [9.17, 15) is 9.18 Å². The van der Waals surface area contributed by atoms with Gasteiger partial charge in [-0.15, -0.1) is 10.2 Å². The second kappa shape index (κ2) is 9.64. The average Bonchev–Trinajstić information content (AvgIpc) is 3.27. The van der Waals surface area contributed by atoms with Gasteiger partial charge in [0.15, 0.2) is 13.2 Å². The van der Waals surface area contributed by atoms with Gasteiger partial charge in [0.1, 0.15) is 17.3 Å². The van der Waals surface area contributed by atoms with Gasteiger partial charge >= 0.3 is 0 Å². The monoisotopic (exact) mass is 482 g/mol. The highest BCUT2D eigenvalue weighted by atomic mass is 19.1. The molecule has 1 N–H and O–H groups in total. The summed E-state index contributed by atoms with van der Waals surface area (Å²) < 4.78 is 30.7. The number of aromatic nitrogens is 3. The Labute approximate surface area is 204 Å². The molecule has 0 unspecified atom stereocenters. The molecule has 2 heterocycles. The van der Waals surface area contributed by atoms with Crippen molar-refractivity contribution in [2.75, 3.05) is 6.61 Å². The number of carbonyl (C=O) groups excluding carboxylic acids is 1. The lowest BCUT2D eigenvalue weighted by Crippen LogP contribution is -2.61. The highest BCUT2D eigenvalue weighted by Gasteiger charge is 2.53. The van der Waals surface area contributed by atoms with Crippen molar-refractivity contribution in [3.8, 4) is 11.5 Å². The van der Waals surface area contributed by atoms with Crippen LogP contribution in [0.2, 0.25) is 0 Å². The fourth-order valence-corrected chi connectivity index (χ4v) is 4.61. The fraction of sp³-hybridized carbons (Fsp3) is 0.462. The van der Waals surface area contributed by atoms with E-state index in [1.165, 1.54) is 6.07 Å². The van der Waals surface area contributed by atoms with Gasteiger partial charge in [-0.1, -0.05) is 26.8 Å². The smallest absolute Gasteiger partial charge is 0.258 e. The zero-order valence-electron chi connectivity index (χ0n) is 20.7. The molecule has 1 aromatic carbocycles. The molecule has 1 fully saturated rings. The molecule has 8 nitrogen and oxygen atoms in total. The molecule has 1 amide bonds. The summed E-state index contributed by atoms with van der Waals surface area (Å²) in [4.78, 5) is 16.8. The summed E-state index contributed by atoms with van der Waals surface area (Å²) in [5.74, 6) is 1.57. The molecule has 0 bridgehead atoms. The van der Waals surface area contributed by atoms with Crippen LogP contribution in [0, 0.1) is 12.7 Å². The molecular weight excluding hydrogens is 451 g/mol. The van der Waals surface area contributed by atoms with E-state index in [0.717, 1.165) is 5.69 Å². The number of aryl methyl sites for hydroxylation is 1. The maximum atomic E-state index is 13.7. The molecule has 0 radical (unpaired) electrons. The molecule has 1 saturated carbocycles. The number of nitrogens with zero attached hydrogens (tertiary/aromatic N) is 3. The molecule has 9 heteroatoms. The van der Waals surface area contributed by atoms with Crippen LogP contribution in [0.4, 0.5) is 4.39 Å². The summed E-state index contributed by atoms with van der Waals surface area (Å²) in [6, 6.07) is 8.35. The van der Waals surface area contributed by atoms with Gasteiger partial charge in [0.25, 0.3) is 11.8 Å². The molecule has 1 aliphatic rings. The second-order valence-corrected chi connectivity index (χ2v) is 10.1. The third-order valence-electron chi connectivity index (χ3n) is 6.21. The van der Waals surface area contributed by atoms with E-state index in [1.54, 1.807) is 25.3 Å². The number of ether oxygens (including phenoxy) is 2. The molecule has 3 aromatic rings. The van der Waals surface area contributed by atoms with Crippen molar-refractivity contribution in [1.82, 2.24) is 20.5 Å². The quantitative estimate of drug-likeness (QED) is 0.475.